The average molecular weight is 542 g/mol. The number of Topliss-reactive ketones (excluding diaryl/α,β-unsaturated/α-hetero) is 1. The van der Waals surface area contributed by atoms with Gasteiger partial charge in [0.1, 0.15) is 0 Å². The second kappa shape index (κ2) is 14.5. The Morgan fingerprint density at radius 3 is 2.32 bits per heavy atom. The van der Waals surface area contributed by atoms with Crippen LogP contribution >= 0.6 is 7.37 Å². The number of unbranched alkanes of at least 4 members (excludes halogenated alkanes) is 4. The Kier molecular flexibility index (Phi) is 11.2. The van der Waals surface area contributed by atoms with Gasteiger partial charge in [-0.25, -0.2) is 0 Å². The number of hydrogen-bond donors (Lipinski definition) is 1. The molecule has 1 saturated carbocycles. The molecule has 4 atom stereocenters. The van der Waals surface area contributed by atoms with E-state index >= 15 is 0 Å². The fourth-order valence-corrected chi connectivity index (χ4v) is 6.86. The number of hydrogen-bond acceptors (Lipinski definition) is 5. The second-order valence-corrected chi connectivity index (χ2v) is 13.6. The normalized spacial score (nSPS) is 23.9. The second-order valence-electron chi connectivity index (χ2n) is 10.8. The highest BCUT2D eigenvalue weighted by Gasteiger charge is 2.45. The number of carbonyl (C=O) groups is 1. The molecule has 1 N–H and O–H groups in total. The van der Waals surface area contributed by atoms with E-state index in [0.29, 0.717) is 44.3 Å². The van der Waals surface area contributed by atoms with Gasteiger partial charge in [0.15, 0.2) is 13.2 Å². The molecule has 1 aliphatic carbocycles. The molecule has 208 valence electrons. The number of carbonyl (C=O) groups excluding carboxylic acids is 1. The van der Waals surface area contributed by atoms with E-state index in [-0.39, 0.29) is 18.1 Å². The lowest BCUT2D eigenvalue weighted by Crippen LogP contribution is -2.49. The van der Waals surface area contributed by atoms with Crippen LogP contribution in [0.25, 0.3) is 11.1 Å². The van der Waals surface area contributed by atoms with E-state index < -0.39 is 7.37 Å². The Hall–Kier alpha value is -1.82. The minimum absolute atomic E-state index is 0.0611. The average Bonchev–Trinajstić information content (AvgIpc) is 3.27. The molecule has 2 unspecified atom stereocenters. The largest absolute Gasteiger partial charge is 0.379 e. The lowest BCUT2D eigenvalue weighted by Gasteiger charge is -2.35. The number of ketones is 1. The van der Waals surface area contributed by atoms with Gasteiger partial charge in [-0.3, -0.25) is 14.3 Å². The van der Waals surface area contributed by atoms with Gasteiger partial charge in [-0.1, -0.05) is 87.2 Å². The van der Waals surface area contributed by atoms with Gasteiger partial charge >= 0.3 is 0 Å². The summed E-state index contributed by atoms with van der Waals surface area (Å²) in [5.74, 6) is 0.501. The zero-order valence-corrected chi connectivity index (χ0v) is 23.7. The summed E-state index contributed by atoms with van der Waals surface area (Å²) in [5, 5.41) is 0. The maximum Gasteiger partial charge on any atom is 0.200 e. The van der Waals surface area contributed by atoms with E-state index in [1.807, 2.05) is 18.2 Å². The van der Waals surface area contributed by atoms with Crippen LogP contribution in [0.5, 0.6) is 0 Å². The van der Waals surface area contributed by atoms with Gasteiger partial charge in [0.25, 0.3) is 0 Å². The molecule has 6 nitrogen and oxygen atoms in total. The van der Waals surface area contributed by atoms with Gasteiger partial charge in [-0.05, 0) is 29.5 Å². The van der Waals surface area contributed by atoms with Crippen LogP contribution in [0.3, 0.4) is 0 Å². The van der Waals surface area contributed by atoms with Crippen LogP contribution in [0.2, 0.25) is 0 Å². The topological polar surface area (TPSA) is 76.1 Å². The number of benzene rings is 2. The van der Waals surface area contributed by atoms with Gasteiger partial charge in [-0.2, -0.15) is 0 Å². The van der Waals surface area contributed by atoms with Crippen molar-refractivity contribution >= 4 is 13.2 Å². The lowest BCUT2D eigenvalue weighted by atomic mass is 9.92. The summed E-state index contributed by atoms with van der Waals surface area (Å²) in [7, 11) is -2.91. The number of rotatable bonds is 14. The molecule has 2 aliphatic rings. The van der Waals surface area contributed by atoms with Crippen molar-refractivity contribution < 1.29 is 23.7 Å². The molecule has 1 heterocycles. The first-order chi connectivity index (χ1) is 18.5. The fraction of sp³-hybridized carbons (Fsp3) is 0.581. The zero-order valence-electron chi connectivity index (χ0n) is 22.8. The van der Waals surface area contributed by atoms with Crippen molar-refractivity contribution in [2.45, 2.75) is 70.6 Å². The molecular formula is C31H44NO5P. The maximum atomic E-state index is 13.2. The Morgan fingerprint density at radius 1 is 0.947 bits per heavy atom. The summed E-state index contributed by atoms with van der Waals surface area (Å²) in [5.41, 5.74) is 3.51. The minimum Gasteiger partial charge on any atom is -0.379 e. The fourth-order valence-electron chi connectivity index (χ4n) is 5.82. The van der Waals surface area contributed by atoms with Crippen molar-refractivity contribution in [3.05, 3.63) is 60.2 Å². The van der Waals surface area contributed by atoms with E-state index in [0.717, 1.165) is 57.2 Å². The SMILES string of the molecule is CCP(=O)(O)CCCCCCCC1[C@H](N2CCOCC2)C(=O)C[C@H]1OCc1ccc(-c2ccccc2)cc1. The Morgan fingerprint density at radius 2 is 1.61 bits per heavy atom. The zero-order chi connectivity index (χ0) is 26.8. The van der Waals surface area contributed by atoms with Crippen molar-refractivity contribution in [3.63, 3.8) is 0 Å². The van der Waals surface area contributed by atoms with Crippen LogP contribution in [-0.4, -0.2) is 66.3 Å². The van der Waals surface area contributed by atoms with E-state index in [1.165, 1.54) is 11.1 Å². The molecule has 2 aromatic rings. The first kappa shape index (κ1) is 29.2. The van der Waals surface area contributed by atoms with E-state index in [4.69, 9.17) is 9.47 Å². The molecule has 1 saturated heterocycles. The molecular weight excluding hydrogens is 497 g/mol. The summed E-state index contributed by atoms with van der Waals surface area (Å²) < 4.78 is 23.8. The Bertz CT molecular complexity index is 1040. The number of nitrogens with zero attached hydrogens (tertiary/aromatic N) is 1. The molecule has 2 fully saturated rings. The molecule has 0 amide bonds. The Balaban J connectivity index is 1.31. The number of morpholine rings is 1. The Labute approximate surface area is 228 Å². The molecule has 4 rings (SSSR count). The van der Waals surface area contributed by atoms with E-state index in [2.05, 4.69) is 41.3 Å². The molecule has 0 radical (unpaired) electrons. The first-order valence-electron chi connectivity index (χ1n) is 14.4. The molecule has 7 heteroatoms. The molecule has 2 aromatic carbocycles. The van der Waals surface area contributed by atoms with Gasteiger partial charge in [0.05, 0.1) is 32.0 Å². The van der Waals surface area contributed by atoms with Crippen LogP contribution in [0.4, 0.5) is 0 Å². The van der Waals surface area contributed by atoms with Crippen LogP contribution in [0.1, 0.15) is 57.4 Å². The monoisotopic (exact) mass is 541 g/mol. The van der Waals surface area contributed by atoms with Gasteiger partial charge in [0, 0.05) is 37.8 Å². The highest BCUT2D eigenvalue weighted by molar-refractivity contribution is 7.57. The van der Waals surface area contributed by atoms with Crippen LogP contribution in [-0.2, 0) is 25.4 Å². The molecule has 0 aromatic heterocycles. The van der Waals surface area contributed by atoms with Crippen LogP contribution in [0, 0.1) is 5.92 Å². The number of ether oxygens (including phenoxy) is 2. The molecule has 0 bridgehead atoms. The summed E-state index contributed by atoms with van der Waals surface area (Å²) in [6, 6.07) is 18.8. The summed E-state index contributed by atoms with van der Waals surface area (Å²) in [4.78, 5) is 25.3. The first-order valence-corrected chi connectivity index (χ1v) is 16.4. The van der Waals surface area contributed by atoms with Crippen molar-refractivity contribution in [3.8, 4) is 11.1 Å². The minimum atomic E-state index is -2.91. The third-order valence-electron chi connectivity index (χ3n) is 8.12. The summed E-state index contributed by atoms with van der Waals surface area (Å²) in [6.45, 7) is 5.27. The van der Waals surface area contributed by atoms with Gasteiger partial charge in [-0.15, -0.1) is 0 Å². The smallest absolute Gasteiger partial charge is 0.200 e. The van der Waals surface area contributed by atoms with E-state index in [1.54, 1.807) is 6.92 Å². The third kappa shape index (κ3) is 8.34. The van der Waals surface area contributed by atoms with Gasteiger partial charge in [0.2, 0.25) is 0 Å². The highest BCUT2D eigenvalue weighted by atomic mass is 31.2. The quantitative estimate of drug-likeness (QED) is 0.228. The standard InChI is InChI=1S/C31H44NO5P/c1-2-38(34,35)22-10-5-3-4-9-13-28-30(23-29(33)31(28)32-18-20-36-21-19-32)37-24-25-14-16-27(17-15-25)26-11-7-6-8-12-26/h6-8,11-12,14-17,28,30-31H,2-5,9-10,13,18-24H2,1H3,(H,34,35)/t28?,30-,31+/m1/s1. The van der Waals surface area contributed by atoms with Crippen molar-refractivity contribution in [1.29, 1.82) is 0 Å². The van der Waals surface area contributed by atoms with Crippen molar-refractivity contribution in [2.75, 3.05) is 38.6 Å². The summed E-state index contributed by atoms with van der Waals surface area (Å²) in [6.07, 6.45) is 7.18. The van der Waals surface area contributed by atoms with Crippen molar-refractivity contribution in [2.24, 2.45) is 5.92 Å². The highest BCUT2D eigenvalue weighted by Crippen LogP contribution is 2.41. The van der Waals surface area contributed by atoms with E-state index in [9.17, 15) is 14.3 Å². The van der Waals surface area contributed by atoms with Crippen LogP contribution < -0.4 is 0 Å². The predicted molar refractivity (Wildman–Crippen MR) is 153 cm³/mol. The summed E-state index contributed by atoms with van der Waals surface area (Å²) >= 11 is 0. The predicted octanol–water partition coefficient (Wildman–Crippen LogP) is 6.16. The third-order valence-corrected chi connectivity index (χ3v) is 10.1. The molecule has 38 heavy (non-hydrogen) atoms. The molecule has 0 spiro atoms. The van der Waals surface area contributed by atoms with Gasteiger partial charge < -0.3 is 14.4 Å². The van der Waals surface area contributed by atoms with Crippen LogP contribution in [0.15, 0.2) is 54.6 Å². The molecule has 1 aliphatic heterocycles. The maximum absolute atomic E-state index is 13.2. The van der Waals surface area contributed by atoms with Crippen molar-refractivity contribution in [1.82, 2.24) is 4.90 Å². The lowest BCUT2D eigenvalue weighted by molar-refractivity contribution is -0.124.